The van der Waals surface area contributed by atoms with Gasteiger partial charge in [-0.3, -0.25) is 4.79 Å². The third kappa shape index (κ3) is 5.35. The van der Waals surface area contributed by atoms with Crippen LogP contribution >= 0.6 is 11.3 Å². The number of alkyl halides is 3. The van der Waals surface area contributed by atoms with Gasteiger partial charge in [0.2, 0.25) is 11.3 Å². The molecular weight excluding hydrogens is 523 g/mol. The summed E-state index contributed by atoms with van der Waals surface area (Å²) in [5.74, 6) is -1.67. The summed E-state index contributed by atoms with van der Waals surface area (Å²) in [4.78, 5) is 24.5. The van der Waals surface area contributed by atoms with Crippen molar-refractivity contribution >= 4 is 45.9 Å². The van der Waals surface area contributed by atoms with Crippen LogP contribution in [0.15, 0.2) is 28.9 Å². The molecule has 0 unspecified atom stereocenters. The molecule has 0 saturated heterocycles. The first-order valence-electron chi connectivity index (χ1n) is 11.4. The van der Waals surface area contributed by atoms with Gasteiger partial charge in [0, 0.05) is 23.8 Å². The molecule has 1 aromatic carbocycles. The number of anilines is 3. The largest absolute Gasteiger partial charge is 0.505 e. The van der Waals surface area contributed by atoms with Crippen molar-refractivity contribution in [3.05, 3.63) is 45.1 Å². The number of fused-ring (bicyclic) bond motifs is 1. The van der Waals surface area contributed by atoms with Crippen molar-refractivity contribution in [1.29, 1.82) is 0 Å². The Labute approximate surface area is 219 Å². The number of carbonyl (C=O) groups is 1. The van der Waals surface area contributed by atoms with E-state index in [1.54, 1.807) is 11.3 Å². The van der Waals surface area contributed by atoms with Crippen LogP contribution in [0.5, 0.6) is 5.75 Å². The van der Waals surface area contributed by atoms with E-state index in [1.807, 2.05) is 39.8 Å². The number of amides is 1. The average molecular weight is 550 g/mol. The number of phenols is 1. The van der Waals surface area contributed by atoms with Gasteiger partial charge in [0.1, 0.15) is 0 Å². The van der Waals surface area contributed by atoms with E-state index in [1.165, 1.54) is 14.1 Å². The summed E-state index contributed by atoms with van der Waals surface area (Å²) in [6, 6.07) is 5.49. The van der Waals surface area contributed by atoms with E-state index < -0.39 is 29.0 Å². The van der Waals surface area contributed by atoms with Gasteiger partial charge >= 0.3 is 6.18 Å². The molecule has 0 fully saturated rings. The molecule has 10 nitrogen and oxygen atoms in total. The summed E-state index contributed by atoms with van der Waals surface area (Å²) in [7, 11) is 2.58. The van der Waals surface area contributed by atoms with Crippen LogP contribution in [-0.2, 0) is 6.18 Å². The van der Waals surface area contributed by atoms with E-state index in [9.17, 15) is 23.1 Å². The lowest BCUT2D eigenvalue weighted by molar-refractivity contribution is -0.138. The van der Waals surface area contributed by atoms with Gasteiger partial charge in [0.05, 0.1) is 22.9 Å². The quantitative estimate of drug-likeness (QED) is 0.257. The number of aromatic hydroxyl groups is 1. The van der Waals surface area contributed by atoms with Crippen LogP contribution in [0.3, 0.4) is 0 Å². The molecule has 38 heavy (non-hydrogen) atoms. The molecule has 0 spiro atoms. The lowest BCUT2D eigenvalue weighted by Gasteiger charge is -2.31. The standard InChI is InChI=1S/C24H26F3N7O3S/c1-11-7-10-14(38-11)17(23(2,3)4)29-19-18(30-20-21(31-19)33-37-32-20)28-13-9-8-12(24(25,26)27)15(16(13)35)22(36)34(5)6/h7-10,17,35H,1-6H3,(H,28,30,32)(H,29,31,33)/t17-/m0/s1. The number of nitrogens with zero attached hydrogens (tertiary/aromatic N) is 5. The fraction of sp³-hybridized carbons (Fsp3) is 0.375. The zero-order valence-corrected chi connectivity index (χ0v) is 22.2. The van der Waals surface area contributed by atoms with Crippen molar-refractivity contribution < 1.29 is 27.7 Å². The minimum Gasteiger partial charge on any atom is -0.505 e. The number of nitrogens with one attached hydrogen (secondary N) is 2. The molecule has 202 valence electrons. The lowest BCUT2D eigenvalue weighted by atomic mass is 9.86. The molecule has 3 N–H and O–H groups in total. The molecule has 4 aromatic rings. The van der Waals surface area contributed by atoms with E-state index >= 15 is 0 Å². The van der Waals surface area contributed by atoms with Crippen LogP contribution < -0.4 is 10.6 Å². The first-order chi connectivity index (χ1) is 17.7. The van der Waals surface area contributed by atoms with Gasteiger partial charge in [-0.05, 0) is 46.9 Å². The second kappa shape index (κ2) is 9.74. The molecule has 0 bridgehead atoms. The molecular formula is C24H26F3N7O3S. The van der Waals surface area contributed by atoms with Crippen LogP contribution in [0.25, 0.3) is 11.3 Å². The number of halogens is 3. The second-order valence-corrected chi connectivity index (χ2v) is 11.3. The number of hydrogen-bond acceptors (Lipinski definition) is 10. The van der Waals surface area contributed by atoms with Crippen molar-refractivity contribution in [2.75, 3.05) is 24.7 Å². The predicted octanol–water partition coefficient (Wildman–Crippen LogP) is 5.75. The molecule has 0 aliphatic rings. The van der Waals surface area contributed by atoms with Crippen LogP contribution in [0, 0.1) is 12.3 Å². The molecule has 0 aliphatic carbocycles. The summed E-state index contributed by atoms with van der Waals surface area (Å²) < 4.78 is 45.8. The molecule has 0 radical (unpaired) electrons. The Balaban J connectivity index is 1.83. The summed E-state index contributed by atoms with van der Waals surface area (Å²) in [6.07, 6.45) is -4.87. The Morgan fingerprint density at radius 2 is 1.68 bits per heavy atom. The zero-order chi connectivity index (χ0) is 28.0. The Kier molecular flexibility index (Phi) is 6.95. The maximum atomic E-state index is 13.7. The summed E-state index contributed by atoms with van der Waals surface area (Å²) in [5, 5.41) is 24.5. The molecule has 0 saturated carbocycles. The molecule has 0 aliphatic heterocycles. The number of rotatable bonds is 6. The SMILES string of the molecule is Cc1ccc([C@H](Nc2nc3nonc3nc2Nc2ccc(C(F)(F)F)c(C(=O)N(C)C)c2O)C(C)(C)C)s1. The minimum absolute atomic E-state index is 0.0355. The van der Waals surface area contributed by atoms with Gasteiger partial charge in [0.15, 0.2) is 17.4 Å². The fourth-order valence-corrected chi connectivity index (χ4v) is 4.96. The van der Waals surface area contributed by atoms with Gasteiger partial charge in [-0.25, -0.2) is 14.6 Å². The van der Waals surface area contributed by atoms with Crippen LogP contribution in [0.4, 0.5) is 30.5 Å². The molecule has 14 heteroatoms. The number of hydrogen-bond donors (Lipinski definition) is 3. The summed E-state index contributed by atoms with van der Waals surface area (Å²) in [5.41, 5.74) is -2.49. The van der Waals surface area contributed by atoms with Crippen LogP contribution in [-0.4, -0.2) is 50.3 Å². The maximum absolute atomic E-state index is 13.7. The summed E-state index contributed by atoms with van der Waals surface area (Å²) in [6.45, 7) is 8.11. The number of benzene rings is 1. The van der Waals surface area contributed by atoms with Crippen molar-refractivity contribution in [3.63, 3.8) is 0 Å². The normalized spacial score (nSPS) is 13.0. The Bertz CT molecular complexity index is 1490. The fourth-order valence-electron chi connectivity index (χ4n) is 3.78. The van der Waals surface area contributed by atoms with Gasteiger partial charge in [-0.1, -0.05) is 20.8 Å². The van der Waals surface area contributed by atoms with Gasteiger partial charge in [-0.2, -0.15) is 13.2 Å². The second-order valence-electron chi connectivity index (χ2n) is 9.93. The van der Waals surface area contributed by atoms with E-state index in [0.717, 1.165) is 26.8 Å². The Hall–Kier alpha value is -3.94. The highest BCUT2D eigenvalue weighted by Crippen LogP contribution is 2.43. The zero-order valence-electron chi connectivity index (χ0n) is 21.4. The molecule has 3 heterocycles. The van der Waals surface area contributed by atoms with Gasteiger partial charge in [0.25, 0.3) is 5.91 Å². The average Bonchev–Trinajstić information content (AvgIpc) is 3.44. The first-order valence-corrected chi connectivity index (χ1v) is 12.2. The Morgan fingerprint density at radius 3 is 2.21 bits per heavy atom. The molecule has 3 aromatic heterocycles. The van der Waals surface area contributed by atoms with E-state index in [-0.39, 0.29) is 40.1 Å². The number of phenolic OH excluding ortho intramolecular Hbond substituents is 1. The smallest absolute Gasteiger partial charge is 0.417 e. The van der Waals surface area contributed by atoms with E-state index in [4.69, 9.17) is 4.63 Å². The predicted molar refractivity (Wildman–Crippen MR) is 137 cm³/mol. The monoisotopic (exact) mass is 549 g/mol. The molecule has 1 amide bonds. The molecule has 1 atom stereocenters. The van der Waals surface area contributed by atoms with Crippen LogP contribution in [0.1, 0.15) is 52.5 Å². The maximum Gasteiger partial charge on any atom is 0.417 e. The third-order valence-electron chi connectivity index (χ3n) is 5.66. The lowest BCUT2D eigenvalue weighted by Crippen LogP contribution is -2.26. The highest BCUT2D eigenvalue weighted by Gasteiger charge is 2.38. The first kappa shape index (κ1) is 27.1. The minimum atomic E-state index is -4.87. The van der Waals surface area contributed by atoms with Crippen molar-refractivity contribution in [2.45, 2.75) is 39.9 Å². The van der Waals surface area contributed by atoms with Crippen LogP contribution in [0.2, 0.25) is 0 Å². The number of aromatic nitrogens is 4. The number of thiophene rings is 1. The molecule has 4 rings (SSSR count). The highest BCUT2D eigenvalue weighted by molar-refractivity contribution is 7.12. The number of aryl methyl sites for hydroxylation is 1. The van der Waals surface area contributed by atoms with Crippen molar-refractivity contribution in [3.8, 4) is 5.75 Å². The summed E-state index contributed by atoms with van der Waals surface area (Å²) >= 11 is 1.60. The van der Waals surface area contributed by atoms with Crippen molar-refractivity contribution in [1.82, 2.24) is 25.2 Å². The van der Waals surface area contributed by atoms with Gasteiger partial charge < -0.3 is 20.6 Å². The highest BCUT2D eigenvalue weighted by atomic mass is 32.1. The topological polar surface area (TPSA) is 129 Å². The van der Waals surface area contributed by atoms with E-state index in [2.05, 4.69) is 30.9 Å². The van der Waals surface area contributed by atoms with Crippen molar-refractivity contribution in [2.24, 2.45) is 5.41 Å². The van der Waals surface area contributed by atoms with E-state index in [0.29, 0.717) is 0 Å². The Morgan fingerprint density at radius 1 is 1.05 bits per heavy atom. The third-order valence-corrected chi connectivity index (χ3v) is 6.73. The van der Waals surface area contributed by atoms with Gasteiger partial charge in [-0.15, -0.1) is 11.3 Å². The number of carbonyl (C=O) groups excluding carboxylic acids is 1.